The summed E-state index contributed by atoms with van der Waals surface area (Å²) in [5, 5.41) is 6.90. The number of rotatable bonds is 10. The molecule has 0 amide bonds. The van der Waals surface area contributed by atoms with Crippen molar-refractivity contribution in [2.75, 3.05) is 6.54 Å². The highest BCUT2D eigenvalue weighted by molar-refractivity contribution is 5.50. The lowest BCUT2D eigenvalue weighted by molar-refractivity contribution is 0.423. The Kier molecular flexibility index (Phi) is 10.9. The Balaban J connectivity index is 2.20. The molecule has 1 atom stereocenters. The molecule has 0 bridgehead atoms. The summed E-state index contributed by atoms with van der Waals surface area (Å²) < 4.78 is 6.29. The van der Waals surface area contributed by atoms with E-state index >= 15 is 0 Å². The van der Waals surface area contributed by atoms with E-state index in [-0.39, 0.29) is 22.2 Å². The van der Waals surface area contributed by atoms with Gasteiger partial charge in [-0.15, -0.1) is 6.58 Å². The lowest BCUT2D eigenvalue weighted by atomic mass is 9.75. The second-order valence-electron chi connectivity index (χ2n) is 13.3. The molecule has 3 nitrogen and oxygen atoms in total. The van der Waals surface area contributed by atoms with Crippen LogP contribution in [0.5, 0.6) is 5.75 Å². The van der Waals surface area contributed by atoms with Crippen LogP contribution in [0.2, 0.25) is 0 Å². The van der Waals surface area contributed by atoms with Gasteiger partial charge in [0, 0.05) is 24.0 Å². The van der Waals surface area contributed by atoms with Crippen LogP contribution in [0.15, 0.2) is 103 Å². The number of benzene rings is 1. The van der Waals surface area contributed by atoms with E-state index in [2.05, 4.69) is 123 Å². The van der Waals surface area contributed by atoms with Gasteiger partial charge in [-0.1, -0.05) is 99.3 Å². The molecule has 0 aromatic heterocycles. The SMILES string of the molecule is C=CCC1/C(=C/NC(/C=C\C)=C/CN/C=C/C(=C(\C=C)C(C)(C)C)C(C)(C)C)Oc2ccc(C(C)(C)C)cc21. The molecule has 1 aliphatic heterocycles. The van der Waals surface area contributed by atoms with Gasteiger partial charge in [0.15, 0.2) is 0 Å². The number of allylic oxidation sites excluding steroid dienone is 8. The molecule has 1 heterocycles. The second-order valence-corrected chi connectivity index (χ2v) is 13.3. The fourth-order valence-corrected chi connectivity index (χ4v) is 4.72. The highest BCUT2D eigenvalue weighted by Gasteiger charge is 2.30. The molecule has 1 aliphatic rings. The second kappa shape index (κ2) is 13.2. The molecule has 0 saturated heterocycles. The Labute approximate surface area is 239 Å². The molecule has 3 heteroatoms. The standard InChI is InChI=1S/C36H52N2O/c1-13-16-27(20-22-37-23-21-31(36(10,11)12)30(15-3)35(7,8)9)38-25-33-28(17-14-2)29-24-26(34(4,5)6)18-19-32(29)39-33/h13-16,18-21,23-25,28,37-38H,2-3,17,22H2,1,4-12H3/b16-13-,23-21+,27-20+,31-30-,33-25-. The third-order valence-electron chi connectivity index (χ3n) is 6.87. The van der Waals surface area contributed by atoms with Gasteiger partial charge in [0.2, 0.25) is 0 Å². The molecular formula is C36H52N2O. The van der Waals surface area contributed by atoms with Crippen molar-refractivity contribution in [3.63, 3.8) is 0 Å². The number of hydrogen-bond acceptors (Lipinski definition) is 3. The molecule has 0 spiro atoms. The summed E-state index contributed by atoms with van der Waals surface area (Å²) in [4.78, 5) is 0. The fraction of sp³-hybridized carbons (Fsp3) is 0.444. The minimum absolute atomic E-state index is 0.0170. The first-order valence-corrected chi connectivity index (χ1v) is 14.1. The van der Waals surface area contributed by atoms with Crippen LogP contribution in [0.4, 0.5) is 0 Å². The summed E-state index contributed by atoms with van der Waals surface area (Å²) in [6, 6.07) is 6.56. The first kappa shape index (κ1) is 32.0. The van der Waals surface area contributed by atoms with E-state index in [1.165, 1.54) is 22.3 Å². The van der Waals surface area contributed by atoms with Gasteiger partial charge in [0.05, 0.1) is 5.92 Å². The molecule has 0 aliphatic carbocycles. The fourth-order valence-electron chi connectivity index (χ4n) is 4.72. The summed E-state index contributed by atoms with van der Waals surface area (Å²) >= 11 is 0. The van der Waals surface area contributed by atoms with Crippen molar-refractivity contribution in [3.05, 3.63) is 114 Å². The maximum absolute atomic E-state index is 6.29. The zero-order valence-electron chi connectivity index (χ0n) is 26.2. The number of ether oxygens (including phenoxy) is 1. The number of nitrogens with one attached hydrogen (secondary N) is 2. The van der Waals surface area contributed by atoms with Crippen LogP contribution in [-0.4, -0.2) is 6.54 Å². The van der Waals surface area contributed by atoms with Crippen LogP contribution in [-0.2, 0) is 5.41 Å². The predicted octanol–water partition coefficient (Wildman–Crippen LogP) is 9.61. The summed E-state index contributed by atoms with van der Waals surface area (Å²) in [5.74, 6) is 2.01. The Morgan fingerprint density at radius 2 is 1.62 bits per heavy atom. The van der Waals surface area contributed by atoms with E-state index < -0.39 is 0 Å². The first-order chi connectivity index (χ1) is 18.1. The lowest BCUT2D eigenvalue weighted by Gasteiger charge is -2.30. The summed E-state index contributed by atoms with van der Waals surface area (Å²) in [5.41, 5.74) is 6.25. The Hall–Kier alpha value is -3.20. The van der Waals surface area contributed by atoms with Crippen molar-refractivity contribution in [2.45, 2.75) is 87.0 Å². The zero-order valence-corrected chi connectivity index (χ0v) is 26.2. The normalized spacial score (nSPS) is 18.3. The van der Waals surface area contributed by atoms with E-state index in [0.717, 1.165) is 23.6 Å². The van der Waals surface area contributed by atoms with Crippen molar-refractivity contribution in [1.29, 1.82) is 0 Å². The van der Waals surface area contributed by atoms with Gasteiger partial charge in [0.1, 0.15) is 11.5 Å². The average molecular weight is 529 g/mol. The van der Waals surface area contributed by atoms with Crippen LogP contribution in [0.3, 0.4) is 0 Å². The van der Waals surface area contributed by atoms with Crippen molar-refractivity contribution < 1.29 is 4.74 Å². The maximum atomic E-state index is 6.29. The number of fused-ring (bicyclic) bond motifs is 1. The minimum Gasteiger partial charge on any atom is -0.459 e. The van der Waals surface area contributed by atoms with E-state index in [9.17, 15) is 0 Å². The Morgan fingerprint density at radius 3 is 2.15 bits per heavy atom. The highest BCUT2D eigenvalue weighted by atomic mass is 16.5. The van der Waals surface area contributed by atoms with Crippen LogP contribution in [0, 0.1) is 10.8 Å². The van der Waals surface area contributed by atoms with E-state index in [1.807, 2.05) is 37.6 Å². The third kappa shape index (κ3) is 8.92. The van der Waals surface area contributed by atoms with Gasteiger partial charge in [-0.3, -0.25) is 0 Å². The van der Waals surface area contributed by atoms with Gasteiger partial charge >= 0.3 is 0 Å². The molecule has 2 N–H and O–H groups in total. The van der Waals surface area contributed by atoms with Gasteiger partial charge in [0.25, 0.3) is 0 Å². The third-order valence-corrected chi connectivity index (χ3v) is 6.87. The largest absolute Gasteiger partial charge is 0.459 e. The molecule has 1 aromatic carbocycles. The van der Waals surface area contributed by atoms with Crippen molar-refractivity contribution >= 4 is 0 Å². The van der Waals surface area contributed by atoms with Crippen LogP contribution in [0.1, 0.15) is 92.7 Å². The van der Waals surface area contributed by atoms with Gasteiger partial charge < -0.3 is 15.4 Å². The monoisotopic (exact) mass is 528 g/mol. The molecule has 0 fully saturated rings. The lowest BCUT2D eigenvalue weighted by Crippen LogP contribution is -2.18. The average Bonchev–Trinajstić information content (AvgIpc) is 3.16. The van der Waals surface area contributed by atoms with Crippen LogP contribution in [0.25, 0.3) is 0 Å². The maximum Gasteiger partial charge on any atom is 0.131 e. The highest BCUT2D eigenvalue weighted by Crippen LogP contribution is 2.44. The molecule has 212 valence electrons. The van der Waals surface area contributed by atoms with Gasteiger partial charge in [-0.25, -0.2) is 0 Å². The van der Waals surface area contributed by atoms with Gasteiger partial charge in [-0.05, 0) is 76.8 Å². The van der Waals surface area contributed by atoms with E-state index in [1.54, 1.807) is 0 Å². The summed E-state index contributed by atoms with van der Waals surface area (Å²) in [6.45, 7) is 31.0. The first-order valence-electron chi connectivity index (χ1n) is 14.1. The molecule has 2 rings (SSSR count). The van der Waals surface area contributed by atoms with Crippen LogP contribution >= 0.6 is 0 Å². The minimum atomic E-state index is 0.0170. The van der Waals surface area contributed by atoms with Crippen molar-refractivity contribution in [1.82, 2.24) is 10.6 Å². The molecule has 0 radical (unpaired) electrons. The molecule has 1 aromatic rings. The number of hydrogen-bond donors (Lipinski definition) is 2. The topological polar surface area (TPSA) is 33.3 Å². The zero-order chi connectivity index (χ0) is 29.4. The summed E-state index contributed by atoms with van der Waals surface area (Å²) in [6.07, 6.45) is 17.3. The molecule has 0 saturated carbocycles. The van der Waals surface area contributed by atoms with E-state index in [0.29, 0.717) is 6.54 Å². The molecular weight excluding hydrogens is 476 g/mol. The van der Waals surface area contributed by atoms with E-state index in [4.69, 9.17) is 4.74 Å². The van der Waals surface area contributed by atoms with Crippen molar-refractivity contribution in [3.8, 4) is 5.75 Å². The van der Waals surface area contributed by atoms with Gasteiger partial charge in [-0.2, -0.15) is 0 Å². The van der Waals surface area contributed by atoms with Crippen molar-refractivity contribution in [2.24, 2.45) is 10.8 Å². The Morgan fingerprint density at radius 1 is 0.949 bits per heavy atom. The quantitative estimate of drug-likeness (QED) is 0.180. The smallest absolute Gasteiger partial charge is 0.131 e. The Bertz CT molecular complexity index is 1170. The summed E-state index contributed by atoms with van der Waals surface area (Å²) in [7, 11) is 0. The molecule has 39 heavy (non-hydrogen) atoms. The molecule has 1 unspecified atom stereocenters. The van der Waals surface area contributed by atoms with Crippen LogP contribution < -0.4 is 15.4 Å². The predicted molar refractivity (Wildman–Crippen MR) is 171 cm³/mol.